The molecule has 29 heavy (non-hydrogen) atoms. The monoisotopic (exact) mass is 394 g/mol. The molecule has 1 saturated carbocycles. The van der Waals surface area contributed by atoms with E-state index in [1.54, 1.807) is 24.3 Å². The zero-order valence-electron chi connectivity index (χ0n) is 16.3. The highest BCUT2D eigenvalue weighted by molar-refractivity contribution is 5.95. The van der Waals surface area contributed by atoms with Crippen molar-refractivity contribution < 1.29 is 14.3 Å². The van der Waals surface area contributed by atoms with Crippen molar-refractivity contribution in [3.63, 3.8) is 0 Å². The standard InChI is InChI=1S/C21H22N4O4/c1-25-20(27)17(11-18(24-25)14-5-3-13(12-22)4-6-14)19(26)23-16-9-7-15(8-10-16)21(28)29-2/h3-6,11,15-16H,7-10H2,1-2H3,(H,23,26)/t15-,16+. The number of methoxy groups -OCH3 is 1. The Kier molecular flexibility index (Phi) is 6.07. The molecule has 2 aromatic rings. The van der Waals surface area contributed by atoms with Gasteiger partial charge in [0.15, 0.2) is 0 Å². The van der Waals surface area contributed by atoms with E-state index in [4.69, 9.17) is 10.00 Å². The first-order valence-electron chi connectivity index (χ1n) is 9.40. The van der Waals surface area contributed by atoms with Crippen molar-refractivity contribution in [1.82, 2.24) is 15.1 Å². The summed E-state index contributed by atoms with van der Waals surface area (Å²) in [5.41, 5.74) is 1.21. The molecule has 150 valence electrons. The molecule has 0 saturated heterocycles. The fourth-order valence-corrected chi connectivity index (χ4v) is 3.53. The van der Waals surface area contributed by atoms with E-state index in [9.17, 15) is 14.4 Å². The molecule has 0 radical (unpaired) electrons. The van der Waals surface area contributed by atoms with Gasteiger partial charge in [-0.1, -0.05) is 12.1 Å². The first-order chi connectivity index (χ1) is 13.9. The van der Waals surface area contributed by atoms with E-state index in [-0.39, 0.29) is 23.5 Å². The molecule has 1 aromatic carbocycles. The SMILES string of the molecule is COC(=O)[C@H]1CC[C@@H](NC(=O)c2cc(-c3ccc(C#N)cc3)nn(C)c2=O)CC1. The smallest absolute Gasteiger partial charge is 0.308 e. The van der Waals surface area contributed by atoms with Gasteiger partial charge in [-0.2, -0.15) is 10.4 Å². The van der Waals surface area contributed by atoms with Crippen LogP contribution in [0.25, 0.3) is 11.3 Å². The summed E-state index contributed by atoms with van der Waals surface area (Å²) in [6.45, 7) is 0. The summed E-state index contributed by atoms with van der Waals surface area (Å²) < 4.78 is 5.91. The lowest BCUT2D eigenvalue weighted by molar-refractivity contribution is -0.146. The van der Waals surface area contributed by atoms with Crippen LogP contribution in [0.15, 0.2) is 35.1 Å². The van der Waals surface area contributed by atoms with E-state index in [2.05, 4.69) is 10.4 Å². The number of carbonyl (C=O) groups excluding carboxylic acids is 2. The molecule has 1 aliphatic rings. The number of esters is 1. The predicted octanol–water partition coefficient (Wildman–Crippen LogP) is 1.78. The highest BCUT2D eigenvalue weighted by Crippen LogP contribution is 2.25. The minimum absolute atomic E-state index is 0.0111. The molecule has 0 atom stereocenters. The van der Waals surface area contributed by atoms with E-state index < -0.39 is 11.5 Å². The molecule has 0 spiro atoms. The van der Waals surface area contributed by atoms with Gasteiger partial charge in [0, 0.05) is 18.7 Å². The van der Waals surface area contributed by atoms with Crippen molar-refractivity contribution in [3.8, 4) is 17.3 Å². The third-order valence-corrected chi connectivity index (χ3v) is 5.21. The van der Waals surface area contributed by atoms with Crippen LogP contribution in [0.2, 0.25) is 0 Å². The first kappa shape index (κ1) is 20.3. The summed E-state index contributed by atoms with van der Waals surface area (Å²) in [7, 11) is 2.87. The number of amides is 1. The number of benzene rings is 1. The van der Waals surface area contributed by atoms with E-state index in [1.807, 2.05) is 6.07 Å². The Labute approximate surface area is 168 Å². The number of ether oxygens (including phenoxy) is 1. The summed E-state index contributed by atoms with van der Waals surface area (Å²) in [4.78, 5) is 36.8. The molecular formula is C21H22N4O4. The third kappa shape index (κ3) is 4.51. The molecule has 1 aromatic heterocycles. The van der Waals surface area contributed by atoms with Gasteiger partial charge in [0.25, 0.3) is 11.5 Å². The molecule has 1 N–H and O–H groups in total. The van der Waals surface area contributed by atoms with Gasteiger partial charge >= 0.3 is 5.97 Å². The second-order valence-electron chi connectivity index (χ2n) is 7.11. The van der Waals surface area contributed by atoms with Crippen LogP contribution in [0, 0.1) is 17.2 Å². The Bertz CT molecular complexity index is 1010. The minimum Gasteiger partial charge on any atom is -0.469 e. The molecule has 0 bridgehead atoms. The van der Waals surface area contributed by atoms with Gasteiger partial charge in [0.2, 0.25) is 0 Å². The van der Waals surface area contributed by atoms with Crippen molar-refractivity contribution in [2.75, 3.05) is 7.11 Å². The molecule has 8 heteroatoms. The number of rotatable bonds is 4. The summed E-state index contributed by atoms with van der Waals surface area (Å²) in [6, 6.07) is 10.2. The molecule has 0 unspecified atom stereocenters. The number of nitrogens with zero attached hydrogens (tertiary/aromatic N) is 3. The van der Waals surface area contributed by atoms with E-state index >= 15 is 0 Å². The molecule has 1 fully saturated rings. The van der Waals surface area contributed by atoms with E-state index in [0.29, 0.717) is 42.5 Å². The van der Waals surface area contributed by atoms with Gasteiger partial charge in [0.1, 0.15) is 5.56 Å². The number of nitrogens with one attached hydrogen (secondary N) is 1. The molecule has 3 rings (SSSR count). The maximum Gasteiger partial charge on any atom is 0.308 e. The highest BCUT2D eigenvalue weighted by atomic mass is 16.5. The van der Waals surface area contributed by atoms with Gasteiger partial charge in [-0.05, 0) is 43.9 Å². The summed E-state index contributed by atoms with van der Waals surface area (Å²) in [5, 5.41) is 16.0. The topological polar surface area (TPSA) is 114 Å². The average molecular weight is 394 g/mol. The quantitative estimate of drug-likeness (QED) is 0.791. The number of hydrogen-bond donors (Lipinski definition) is 1. The third-order valence-electron chi connectivity index (χ3n) is 5.21. The Hall–Kier alpha value is -3.47. The Morgan fingerprint density at radius 3 is 2.45 bits per heavy atom. The van der Waals surface area contributed by atoms with Crippen LogP contribution in [0.3, 0.4) is 0 Å². The highest BCUT2D eigenvalue weighted by Gasteiger charge is 2.28. The lowest BCUT2D eigenvalue weighted by Gasteiger charge is -2.27. The van der Waals surface area contributed by atoms with Gasteiger partial charge in [-0.3, -0.25) is 14.4 Å². The largest absolute Gasteiger partial charge is 0.469 e. The van der Waals surface area contributed by atoms with Gasteiger partial charge in [-0.25, -0.2) is 4.68 Å². The van der Waals surface area contributed by atoms with Crippen molar-refractivity contribution >= 4 is 11.9 Å². The zero-order valence-corrected chi connectivity index (χ0v) is 16.3. The Morgan fingerprint density at radius 2 is 1.86 bits per heavy atom. The Balaban J connectivity index is 1.77. The van der Waals surface area contributed by atoms with Gasteiger partial charge in [0.05, 0.1) is 30.4 Å². The van der Waals surface area contributed by atoms with Crippen LogP contribution < -0.4 is 10.9 Å². The van der Waals surface area contributed by atoms with Crippen LogP contribution in [0.4, 0.5) is 0 Å². The average Bonchev–Trinajstić information content (AvgIpc) is 2.75. The van der Waals surface area contributed by atoms with Crippen LogP contribution in [-0.2, 0) is 16.6 Å². The lowest BCUT2D eigenvalue weighted by atomic mass is 9.86. The maximum atomic E-state index is 12.8. The first-order valence-corrected chi connectivity index (χ1v) is 9.40. The van der Waals surface area contributed by atoms with E-state index in [1.165, 1.54) is 20.2 Å². The number of aryl methyl sites for hydroxylation is 1. The van der Waals surface area contributed by atoms with Crippen molar-refractivity contribution in [1.29, 1.82) is 5.26 Å². The Morgan fingerprint density at radius 1 is 1.21 bits per heavy atom. The molecule has 8 nitrogen and oxygen atoms in total. The fraction of sp³-hybridized carbons (Fsp3) is 0.381. The van der Waals surface area contributed by atoms with Crippen molar-refractivity contribution in [2.45, 2.75) is 31.7 Å². The zero-order chi connectivity index (χ0) is 21.0. The van der Waals surface area contributed by atoms with Gasteiger partial charge < -0.3 is 10.1 Å². The molecule has 1 aliphatic carbocycles. The maximum absolute atomic E-state index is 12.8. The molecule has 0 aliphatic heterocycles. The fourth-order valence-electron chi connectivity index (χ4n) is 3.53. The number of hydrogen-bond acceptors (Lipinski definition) is 6. The number of carbonyl (C=O) groups is 2. The van der Waals surface area contributed by atoms with Gasteiger partial charge in [-0.15, -0.1) is 0 Å². The number of aromatic nitrogens is 2. The molecule has 1 amide bonds. The summed E-state index contributed by atoms with van der Waals surface area (Å²) in [5.74, 6) is -0.806. The molecule has 1 heterocycles. The molecular weight excluding hydrogens is 372 g/mol. The second kappa shape index (κ2) is 8.69. The minimum atomic E-state index is -0.483. The van der Waals surface area contributed by atoms with E-state index in [0.717, 1.165) is 4.68 Å². The normalized spacial score (nSPS) is 18.5. The number of nitriles is 1. The summed E-state index contributed by atoms with van der Waals surface area (Å²) >= 11 is 0. The van der Waals surface area contributed by atoms with Crippen molar-refractivity contribution in [3.05, 3.63) is 51.8 Å². The van der Waals surface area contributed by atoms with Crippen LogP contribution in [0.1, 0.15) is 41.6 Å². The van der Waals surface area contributed by atoms with Crippen LogP contribution in [-0.4, -0.2) is 34.8 Å². The van der Waals surface area contributed by atoms with Crippen molar-refractivity contribution in [2.24, 2.45) is 13.0 Å². The summed E-state index contributed by atoms with van der Waals surface area (Å²) in [6.07, 6.45) is 2.59. The second-order valence-corrected chi connectivity index (χ2v) is 7.11. The predicted molar refractivity (Wildman–Crippen MR) is 105 cm³/mol. The lowest BCUT2D eigenvalue weighted by Crippen LogP contribution is -2.41. The van der Waals surface area contributed by atoms with Crippen LogP contribution in [0.5, 0.6) is 0 Å². The van der Waals surface area contributed by atoms with Crippen LogP contribution >= 0.6 is 0 Å².